The third-order valence-electron chi connectivity index (χ3n) is 3.18. The molecular formula is C12H16ClN3O. The van der Waals surface area contributed by atoms with Crippen LogP contribution in [0.5, 0.6) is 0 Å². The molecule has 3 N–H and O–H groups in total. The number of halogens is 1. The third kappa shape index (κ3) is 3.09. The van der Waals surface area contributed by atoms with E-state index in [-0.39, 0.29) is 5.91 Å². The molecule has 0 atom stereocenters. The lowest BCUT2D eigenvalue weighted by Crippen LogP contribution is -2.27. The van der Waals surface area contributed by atoms with E-state index in [9.17, 15) is 4.79 Å². The summed E-state index contributed by atoms with van der Waals surface area (Å²) in [6, 6.07) is 1.50. The topological polar surface area (TPSA) is 68.0 Å². The molecule has 5 heteroatoms. The van der Waals surface area contributed by atoms with Gasteiger partial charge in [-0.15, -0.1) is 0 Å². The molecule has 1 heterocycles. The number of nitrogens with one attached hydrogen (secondary N) is 1. The molecule has 1 aliphatic carbocycles. The lowest BCUT2D eigenvalue weighted by atomic mass is 9.83. The molecule has 1 fully saturated rings. The first kappa shape index (κ1) is 12.2. The number of nitrogen functional groups attached to an aromatic ring is 1. The fourth-order valence-electron chi connectivity index (χ4n) is 1.90. The van der Waals surface area contributed by atoms with Gasteiger partial charge in [0.05, 0.1) is 10.6 Å². The van der Waals surface area contributed by atoms with Crippen LogP contribution in [0, 0.1) is 5.92 Å². The molecule has 1 aliphatic rings. The average Bonchev–Trinajstić information content (AvgIpc) is 2.25. The van der Waals surface area contributed by atoms with Gasteiger partial charge in [-0.05, 0) is 18.4 Å². The number of hydrogen-bond acceptors (Lipinski definition) is 3. The summed E-state index contributed by atoms with van der Waals surface area (Å²) >= 11 is 5.89. The molecule has 1 saturated carbocycles. The van der Waals surface area contributed by atoms with Crippen LogP contribution in [0.4, 0.5) is 5.82 Å². The number of nitrogens with zero attached hydrogens (tertiary/aromatic N) is 1. The standard InChI is InChI=1S/C12H16ClN3O/c13-10-7-16-11(14)6-9(10)12(17)15-5-4-8-2-1-3-8/h6-8H,1-5H2,(H2,14,16)(H,15,17). The van der Waals surface area contributed by atoms with E-state index in [0.29, 0.717) is 22.9 Å². The fraction of sp³-hybridized carbons (Fsp3) is 0.500. The van der Waals surface area contributed by atoms with Gasteiger partial charge in [0.15, 0.2) is 0 Å². The van der Waals surface area contributed by atoms with Gasteiger partial charge in [0, 0.05) is 12.7 Å². The number of aromatic nitrogens is 1. The molecule has 0 saturated heterocycles. The van der Waals surface area contributed by atoms with E-state index in [0.717, 1.165) is 12.3 Å². The van der Waals surface area contributed by atoms with Crippen LogP contribution >= 0.6 is 11.6 Å². The van der Waals surface area contributed by atoms with Crippen LogP contribution in [0.15, 0.2) is 12.3 Å². The van der Waals surface area contributed by atoms with E-state index in [4.69, 9.17) is 17.3 Å². The van der Waals surface area contributed by atoms with Crippen molar-refractivity contribution < 1.29 is 4.79 Å². The average molecular weight is 254 g/mol. The highest BCUT2D eigenvalue weighted by molar-refractivity contribution is 6.33. The highest BCUT2D eigenvalue weighted by atomic mass is 35.5. The van der Waals surface area contributed by atoms with Gasteiger partial charge >= 0.3 is 0 Å². The molecular weight excluding hydrogens is 238 g/mol. The Balaban J connectivity index is 1.87. The minimum atomic E-state index is -0.177. The van der Waals surface area contributed by atoms with Crippen LogP contribution in [0.3, 0.4) is 0 Å². The van der Waals surface area contributed by atoms with Crippen molar-refractivity contribution in [1.82, 2.24) is 10.3 Å². The molecule has 92 valence electrons. The number of amides is 1. The van der Waals surface area contributed by atoms with E-state index in [1.165, 1.54) is 31.5 Å². The molecule has 0 bridgehead atoms. The molecule has 0 aromatic carbocycles. The van der Waals surface area contributed by atoms with Gasteiger partial charge in [0.1, 0.15) is 5.82 Å². The summed E-state index contributed by atoms with van der Waals surface area (Å²) in [5.41, 5.74) is 5.92. The Morgan fingerprint density at radius 1 is 1.59 bits per heavy atom. The van der Waals surface area contributed by atoms with Gasteiger partial charge in [-0.1, -0.05) is 30.9 Å². The second-order valence-corrected chi connectivity index (χ2v) is 4.84. The largest absolute Gasteiger partial charge is 0.384 e. The van der Waals surface area contributed by atoms with Crippen LogP contribution in [0.1, 0.15) is 36.0 Å². The number of carbonyl (C=O) groups excluding carboxylic acids is 1. The van der Waals surface area contributed by atoms with Crippen LogP contribution in [-0.2, 0) is 0 Å². The van der Waals surface area contributed by atoms with Crippen LogP contribution in [-0.4, -0.2) is 17.4 Å². The summed E-state index contributed by atoms with van der Waals surface area (Å²) in [5.74, 6) is 0.912. The Hall–Kier alpha value is -1.29. The normalized spacial score (nSPS) is 15.4. The molecule has 2 rings (SSSR count). The van der Waals surface area contributed by atoms with Gasteiger partial charge in [-0.25, -0.2) is 4.98 Å². The molecule has 4 nitrogen and oxygen atoms in total. The van der Waals surface area contributed by atoms with E-state index in [1.54, 1.807) is 0 Å². The summed E-state index contributed by atoms with van der Waals surface area (Å²) in [6.07, 6.45) is 6.35. The zero-order valence-electron chi connectivity index (χ0n) is 9.58. The first-order valence-electron chi connectivity index (χ1n) is 5.86. The molecule has 1 aromatic rings. The molecule has 0 spiro atoms. The Bertz CT molecular complexity index is 418. The Labute approximate surface area is 106 Å². The maximum Gasteiger partial charge on any atom is 0.252 e. The van der Waals surface area contributed by atoms with Crippen molar-refractivity contribution in [2.45, 2.75) is 25.7 Å². The van der Waals surface area contributed by atoms with E-state index >= 15 is 0 Å². The molecule has 0 radical (unpaired) electrons. The lowest BCUT2D eigenvalue weighted by molar-refractivity contribution is 0.0949. The maximum absolute atomic E-state index is 11.8. The summed E-state index contributed by atoms with van der Waals surface area (Å²) in [4.78, 5) is 15.6. The van der Waals surface area contributed by atoms with Gasteiger partial charge in [-0.3, -0.25) is 4.79 Å². The van der Waals surface area contributed by atoms with E-state index in [2.05, 4.69) is 10.3 Å². The van der Waals surface area contributed by atoms with E-state index in [1.807, 2.05) is 0 Å². The first-order chi connectivity index (χ1) is 8.16. The van der Waals surface area contributed by atoms with Gasteiger partial charge in [0.2, 0.25) is 0 Å². The number of nitrogens with two attached hydrogens (primary N) is 1. The van der Waals surface area contributed by atoms with Gasteiger partial charge in [-0.2, -0.15) is 0 Å². The zero-order chi connectivity index (χ0) is 12.3. The van der Waals surface area contributed by atoms with Crippen LogP contribution in [0.25, 0.3) is 0 Å². The number of anilines is 1. The van der Waals surface area contributed by atoms with Crippen LogP contribution < -0.4 is 11.1 Å². The number of carbonyl (C=O) groups is 1. The quantitative estimate of drug-likeness (QED) is 0.865. The number of pyridine rings is 1. The van der Waals surface area contributed by atoms with Crippen molar-refractivity contribution in [2.24, 2.45) is 5.92 Å². The van der Waals surface area contributed by atoms with Crippen molar-refractivity contribution in [2.75, 3.05) is 12.3 Å². The Kier molecular flexibility index (Phi) is 3.84. The number of hydrogen-bond donors (Lipinski definition) is 2. The minimum absolute atomic E-state index is 0.177. The molecule has 0 unspecified atom stereocenters. The van der Waals surface area contributed by atoms with Crippen LogP contribution in [0.2, 0.25) is 5.02 Å². The maximum atomic E-state index is 11.8. The lowest BCUT2D eigenvalue weighted by Gasteiger charge is -2.25. The Morgan fingerprint density at radius 2 is 2.35 bits per heavy atom. The predicted octanol–water partition coefficient (Wildman–Crippen LogP) is 2.24. The van der Waals surface area contributed by atoms with Crippen molar-refractivity contribution in [3.63, 3.8) is 0 Å². The Morgan fingerprint density at radius 3 is 3.00 bits per heavy atom. The second-order valence-electron chi connectivity index (χ2n) is 4.43. The highest BCUT2D eigenvalue weighted by Crippen LogP contribution is 2.28. The van der Waals surface area contributed by atoms with E-state index < -0.39 is 0 Å². The van der Waals surface area contributed by atoms with Gasteiger partial charge in [0.25, 0.3) is 5.91 Å². The zero-order valence-corrected chi connectivity index (χ0v) is 10.3. The summed E-state index contributed by atoms with van der Waals surface area (Å²) in [5, 5.41) is 3.19. The summed E-state index contributed by atoms with van der Waals surface area (Å²) < 4.78 is 0. The molecule has 0 aliphatic heterocycles. The highest BCUT2D eigenvalue weighted by Gasteiger charge is 2.17. The number of rotatable bonds is 4. The molecule has 1 aromatic heterocycles. The van der Waals surface area contributed by atoms with Crippen molar-refractivity contribution >= 4 is 23.3 Å². The summed E-state index contributed by atoms with van der Waals surface area (Å²) in [6.45, 7) is 0.696. The fourth-order valence-corrected chi connectivity index (χ4v) is 2.08. The van der Waals surface area contributed by atoms with Crippen molar-refractivity contribution in [3.8, 4) is 0 Å². The smallest absolute Gasteiger partial charge is 0.252 e. The first-order valence-corrected chi connectivity index (χ1v) is 6.24. The molecule has 17 heavy (non-hydrogen) atoms. The second kappa shape index (κ2) is 5.36. The third-order valence-corrected chi connectivity index (χ3v) is 3.49. The van der Waals surface area contributed by atoms with Crippen molar-refractivity contribution in [1.29, 1.82) is 0 Å². The van der Waals surface area contributed by atoms with Crippen molar-refractivity contribution in [3.05, 3.63) is 22.8 Å². The monoisotopic (exact) mass is 253 g/mol. The molecule has 1 amide bonds. The SMILES string of the molecule is Nc1cc(C(=O)NCCC2CCC2)c(Cl)cn1. The van der Waals surface area contributed by atoms with Gasteiger partial charge < -0.3 is 11.1 Å². The predicted molar refractivity (Wildman–Crippen MR) is 68.0 cm³/mol. The summed E-state index contributed by atoms with van der Waals surface area (Å²) in [7, 11) is 0. The minimum Gasteiger partial charge on any atom is -0.384 e.